The van der Waals surface area contributed by atoms with E-state index in [-0.39, 0.29) is 6.04 Å². The molecule has 0 radical (unpaired) electrons. The van der Waals surface area contributed by atoms with Crippen LogP contribution in [0.25, 0.3) is 0 Å². The Kier molecular flexibility index (Phi) is 5.25. The van der Waals surface area contributed by atoms with Crippen molar-refractivity contribution in [3.63, 3.8) is 0 Å². The van der Waals surface area contributed by atoms with E-state index in [1.54, 1.807) is 6.20 Å². The molecular formula is C14H20BrN5. The first-order chi connectivity index (χ1) is 9.67. The molecule has 108 valence electrons. The SMILES string of the molecule is CCNC(Cc1c(Br)c(C)nn1CC)c1ccnnc1. The molecular weight excluding hydrogens is 318 g/mol. The van der Waals surface area contributed by atoms with Gasteiger partial charge in [0.2, 0.25) is 0 Å². The number of aryl methyl sites for hydroxylation is 2. The van der Waals surface area contributed by atoms with Crippen LogP contribution in [0.15, 0.2) is 22.9 Å². The summed E-state index contributed by atoms with van der Waals surface area (Å²) in [4.78, 5) is 0. The zero-order valence-electron chi connectivity index (χ0n) is 12.1. The highest BCUT2D eigenvalue weighted by Gasteiger charge is 2.18. The molecule has 0 saturated carbocycles. The lowest BCUT2D eigenvalue weighted by atomic mass is 10.0. The van der Waals surface area contributed by atoms with Gasteiger partial charge in [-0.3, -0.25) is 4.68 Å². The van der Waals surface area contributed by atoms with Crippen molar-refractivity contribution in [1.29, 1.82) is 0 Å². The normalized spacial score (nSPS) is 12.6. The van der Waals surface area contributed by atoms with Crippen LogP contribution in [0.1, 0.15) is 36.8 Å². The molecule has 1 atom stereocenters. The van der Waals surface area contributed by atoms with Crippen molar-refractivity contribution in [3.8, 4) is 0 Å². The fourth-order valence-corrected chi connectivity index (χ4v) is 2.76. The third-order valence-corrected chi connectivity index (χ3v) is 4.34. The van der Waals surface area contributed by atoms with E-state index in [4.69, 9.17) is 0 Å². The third-order valence-electron chi connectivity index (χ3n) is 3.31. The number of rotatable bonds is 6. The number of hydrogen-bond donors (Lipinski definition) is 1. The number of halogens is 1. The summed E-state index contributed by atoms with van der Waals surface area (Å²) in [6.07, 6.45) is 4.42. The Labute approximate surface area is 127 Å². The summed E-state index contributed by atoms with van der Waals surface area (Å²) < 4.78 is 3.16. The predicted octanol–water partition coefficient (Wildman–Crippen LogP) is 2.66. The molecule has 0 aliphatic heterocycles. The molecule has 0 aromatic carbocycles. The fourth-order valence-electron chi connectivity index (χ4n) is 2.32. The molecule has 1 unspecified atom stereocenters. The first kappa shape index (κ1) is 15.1. The summed E-state index contributed by atoms with van der Waals surface area (Å²) in [5.74, 6) is 0. The Hall–Kier alpha value is -1.27. The second-order valence-corrected chi connectivity index (χ2v) is 5.45. The fraction of sp³-hybridized carbons (Fsp3) is 0.500. The standard InChI is InChI=1S/C14H20BrN5/c1-4-16-12(11-6-7-17-18-9-11)8-13-14(15)10(3)19-20(13)5-2/h6-7,9,12,16H,4-5,8H2,1-3H3. The van der Waals surface area contributed by atoms with Crippen LogP contribution in [-0.4, -0.2) is 26.5 Å². The zero-order chi connectivity index (χ0) is 14.5. The van der Waals surface area contributed by atoms with Gasteiger partial charge in [0.1, 0.15) is 0 Å². The molecule has 2 heterocycles. The van der Waals surface area contributed by atoms with Crippen molar-refractivity contribution in [3.05, 3.63) is 39.9 Å². The van der Waals surface area contributed by atoms with E-state index in [1.165, 1.54) is 5.69 Å². The quantitative estimate of drug-likeness (QED) is 0.880. The summed E-state index contributed by atoms with van der Waals surface area (Å²) in [7, 11) is 0. The van der Waals surface area contributed by atoms with Gasteiger partial charge in [0.25, 0.3) is 0 Å². The van der Waals surface area contributed by atoms with E-state index in [2.05, 4.69) is 55.1 Å². The number of likely N-dealkylation sites (N-methyl/N-ethyl adjacent to an activating group) is 1. The molecule has 0 fully saturated rings. The molecule has 0 spiro atoms. The second-order valence-electron chi connectivity index (χ2n) is 4.65. The van der Waals surface area contributed by atoms with Crippen molar-refractivity contribution < 1.29 is 0 Å². The van der Waals surface area contributed by atoms with Crippen LogP contribution in [-0.2, 0) is 13.0 Å². The van der Waals surface area contributed by atoms with Gasteiger partial charge in [-0.05, 0) is 48.0 Å². The average molecular weight is 338 g/mol. The van der Waals surface area contributed by atoms with Crippen molar-refractivity contribution in [2.24, 2.45) is 0 Å². The van der Waals surface area contributed by atoms with Crippen LogP contribution in [0.4, 0.5) is 0 Å². The molecule has 2 aromatic rings. The van der Waals surface area contributed by atoms with Gasteiger partial charge >= 0.3 is 0 Å². The van der Waals surface area contributed by atoms with Gasteiger partial charge in [-0.2, -0.15) is 15.3 Å². The Morgan fingerprint density at radius 3 is 2.75 bits per heavy atom. The van der Waals surface area contributed by atoms with Gasteiger partial charge < -0.3 is 5.32 Å². The molecule has 0 aliphatic carbocycles. The predicted molar refractivity (Wildman–Crippen MR) is 82.5 cm³/mol. The van der Waals surface area contributed by atoms with E-state index < -0.39 is 0 Å². The molecule has 2 rings (SSSR count). The van der Waals surface area contributed by atoms with Gasteiger partial charge in [-0.25, -0.2) is 0 Å². The maximum Gasteiger partial charge on any atom is 0.0738 e. The minimum Gasteiger partial charge on any atom is -0.310 e. The summed E-state index contributed by atoms with van der Waals surface area (Å²) in [5.41, 5.74) is 3.40. The van der Waals surface area contributed by atoms with Crippen molar-refractivity contribution in [2.75, 3.05) is 6.54 Å². The average Bonchev–Trinajstić information content (AvgIpc) is 2.75. The van der Waals surface area contributed by atoms with Gasteiger partial charge in [-0.15, -0.1) is 0 Å². The van der Waals surface area contributed by atoms with E-state index >= 15 is 0 Å². The number of aromatic nitrogens is 4. The molecule has 0 bridgehead atoms. The molecule has 6 heteroatoms. The zero-order valence-corrected chi connectivity index (χ0v) is 13.7. The van der Waals surface area contributed by atoms with Crippen molar-refractivity contribution in [1.82, 2.24) is 25.3 Å². The van der Waals surface area contributed by atoms with Crippen LogP contribution >= 0.6 is 15.9 Å². The highest BCUT2D eigenvalue weighted by Crippen LogP contribution is 2.26. The highest BCUT2D eigenvalue weighted by molar-refractivity contribution is 9.10. The number of hydrogen-bond acceptors (Lipinski definition) is 4. The van der Waals surface area contributed by atoms with Gasteiger partial charge in [0.15, 0.2) is 0 Å². The van der Waals surface area contributed by atoms with E-state index in [1.807, 2.05) is 19.2 Å². The third kappa shape index (κ3) is 3.24. The summed E-state index contributed by atoms with van der Waals surface area (Å²) >= 11 is 3.65. The number of nitrogens with zero attached hydrogens (tertiary/aromatic N) is 4. The molecule has 1 N–H and O–H groups in total. The largest absolute Gasteiger partial charge is 0.310 e. The maximum atomic E-state index is 4.55. The first-order valence-corrected chi connectivity index (χ1v) is 7.68. The molecule has 2 aromatic heterocycles. The first-order valence-electron chi connectivity index (χ1n) is 6.89. The van der Waals surface area contributed by atoms with Crippen LogP contribution in [0, 0.1) is 6.92 Å². The summed E-state index contributed by atoms with van der Waals surface area (Å²) in [6.45, 7) is 8.02. The van der Waals surface area contributed by atoms with Crippen LogP contribution in [0.5, 0.6) is 0 Å². The second kappa shape index (κ2) is 6.95. The Balaban J connectivity index is 2.29. The topological polar surface area (TPSA) is 55.6 Å². The minimum atomic E-state index is 0.216. The van der Waals surface area contributed by atoms with Gasteiger partial charge in [0, 0.05) is 25.2 Å². The van der Waals surface area contributed by atoms with Crippen LogP contribution < -0.4 is 5.32 Å². The van der Waals surface area contributed by atoms with Crippen LogP contribution in [0.2, 0.25) is 0 Å². The Morgan fingerprint density at radius 2 is 2.15 bits per heavy atom. The van der Waals surface area contributed by atoms with E-state index in [0.29, 0.717) is 0 Å². The van der Waals surface area contributed by atoms with Crippen LogP contribution in [0.3, 0.4) is 0 Å². The Morgan fingerprint density at radius 1 is 1.35 bits per heavy atom. The number of nitrogens with one attached hydrogen (secondary N) is 1. The van der Waals surface area contributed by atoms with E-state index in [0.717, 1.165) is 35.2 Å². The van der Waals surface area contributed by atoms with Gasteiger partial charge in [0.05, 0.1) is 22.1 Å². The summed E-state index contributed by atoms with van der Waals surface area (Å²) in [6, 6.07) is 2.22. The lowest BCUT2D eigenvalue weighted by molar-refractivity contribution is 0.513. The minimum absolute atomic E-state index is 0.216. The van der Waals surface area contributed by atoms with Crippen molar-refractivity contribution in [2.45, 2.75) is 39.8 Å². The monoisotopic (exact) mass is 337 g/mol. The maximum absolute atomic E-state index is 4.55. The van der Waals surface area contributed by atoms with E-state index in [9.17, 15) is 0 Å². The molecule has 20 heavy (non-hydrogen) atoms. The molecule has 0 amide bonds. The molecule has 0 aliphatic rings. The molecule has 0 saturated heterocycles. The smallest absolute Gasteiger partial charge is 0.0738 e. The highest BCUT2D eigenvalue weighted by atomic mass is 79.9. The molecule has 5 nitrogen and oxygen atoms in total. The summed E-state index contributed by atoms with van der Waals surface area (Å²) in [5, 5.41) is 15.9. The Bertz CT molecular complexity index is 552. The lowest BCUT2D eigenvalue weighted by Crippen LogP contribution is -2.24. The lowest BCUT2D eigenvalue weighted by Gasteiger charge is -2.18. The van der Waals surface area contributed by atoms with Crippen molar-refractivity contribution >= 4 is 15.9 Å². The van der Waals surface area contributed by atoms with Gasteiger partial charge in [-0.1, -0.05) is 6.92 Å².